The van der Waals surface area contributed by atoms with E-state index in [1.54, 1.807) is 0 Å². The van der Waals surface area contributed by atoms with Gasteiger partial charge < -0.3 is 10.7 Å². The molecule has 0 aliphatic heterocycles. The van der Waals surface area contributed by atoms with Crippen molar-refractivity contribution in [3.05, 3.63) is 32.7 Å². The van der Waals surface area contributed by atoms with Gasteiger partial charge in [0.1, 0.15) is 0 Å². The van der Waals surface area contributed by atoms with E-state index in [2.05, 4.69) is 4.98 Å². The predicted molar refractivity (Wildman–Crippen MR) is 54.2 cm³/mol. The van der Waals surface area contributed by atoms with Gasteiger partial charge in [0.15, 0.2) is 0 Å². The molecule has 0 spiro atoms. The number of halogens is 1. The van der Waals surface area contributed by atoms with Crippen LogP contribution in [0.5, 0.6) is 0 Å². The van der Waals surface area contributed by atoms with Crippen LogP contribution in [0.1, 0.15) is 18.2 Å². The number of hydrogen-bond donors (Lipinski definition) is 2. The summed E-state index contributed by atoms with van der Waals surface area (Å²) in [6.07, 6.45) is 1.48. The van der Waals surface area contributed by atoms with Gasteiger partial charge in [-0.25, -0.2) is 0 Å². The Morgan fingerprint density at radius 3 is 2.85 bits per heavy atom. The highest BCUT2D eigenvalue weighted by molar-refractivity contribution is 6.31. The van der Waals surface area contributed by atoms with Gasteiger partial charge in [0, 0.05) is 18.2 Å². The van der Waals surface area contributed by atoms with Crippen LogP contribution in [-0.4, -0.2) is 11.5 Å². The Kier molecular flexibility index (Phi) is 3.51. The molecule has 1 rings (SSSR count). The summed E-state index contributed by atoms with van der Waals surface area (Å²) < 4.78 is 0. The number of pyridine rings is 1. The van der Waals surface area contributed by atoms with Crippen LogP contribution < -0.4 is 11.3 Å². The Morgan fingerprint density at radius 1 is 1.62 bits per heavy atom. The third-order valence-electron chi connectivity index (χ3n) is 1.93. The number of hydrogen-bond acceptors (Lipinski definition) is 2. The summed E-state index contributed by atoms with van der Waals surface area (Å²) in [6.45, 7) is 2.52. The molecule has 0 aromatic carbocycles. The zero-order valence-electron chi connectivity index (χ0n) is 7.56. The fraction of sp³-hybridized carbons (Fsp3) is 0.444. The van der Waals surface area contributed by atoms with Crippen molar-refractivity contribution in [1.29, 1.82) is 0 Å². The van der Waals surface area contributed by atoms with E-state index in [0.717, 1.165) is 17.7 Å². The van der Waals surface area contributed by atoms with Crippen LogP contribution in [0.2, 0.25) is 5.02 Å². The van der Waals surface area contributed by atoms with E-state index < -0.39 is 0 Å². The highest BCUT2D eigenvalue weighted by atomic mass is 35.5. The van der Waals surface area contributed by atoms with E-state index in [0.29, 0.717) is 18.0 Å². The lowest BCUT2D eigenvalue weighted by Gasteiger charge is -2.07. The van der Waals surface area contributed by atoms with E-state index >= 15 is 0 Å². The maximum absolute atomic E-state index is 11.1. The molecule has 1 aromatic heterocycles. The van der Waals surface area contributed by atoms with E-state index in [1.165, 1.54) is 6.07 Å². The Bertz CT molecular complexity index is 346. The molecule has 0 fully saturated rings. The van der Waals surface area contributed by atoms with E-state index in [-0.39, 0.29) is 5.56 Å². The summed E-state index contributed by atoms with van der Waals surface area (Å²) in [4.78, 5) is 13.8. The summed E-state index contributed by atoms with van der Waals surface area (Å²) >= 11 is 5.91. The minimum absolute atomic E-state index is 0.161. The van der Waals surface area contributed by atoms with Crippen molar-refractivity contribution >= 4 is 11.6 Å². The zero-order valence-corrected chi connectivity index (χ0v) is 8.32. The lowest BCUT2D eigenvalue weighted by molar-refractivity contribution is 0.881. The molecule has 4 heteroatoms. The molecule has 3 N–H and O–H groups in total. The first-order chi connectivity index (χ1) is 6.19. The van der Waals surface area contributed by atoms with Crippen LogP contribution in [0.25, 0.3) is 0 Å². The number of H-pyrrole nitrogens is 1. The second kappa shape index (κ2) is 4.44. The minimum Gasteiger partial charge on any atom is -0.330 e. The third kappa shape index (κ3) is 2.32. The first-order valence-electron chi connectivity index (χ1n) is 4.29. The minimum atomic E-state index is -0.161. The van der Waals surface area contributed by atoms with Crippen molar-refractivity contribution in [3.63, 3.8) is 0 Å². The van der Waals surface area contributed by atoms with Crippen molar-refractivity contribution in [1.82, 2.24) is 4.98 Å². The SMILES string of the molecule is CCc1c(Cl)cc(=O)[nH]c1CCN. The summed E-state index contributed by atoms with van der Waals surface area (Å²) in [6, 6.07) is 1.40. The van der Waals surface area contributed by atoms with Crippen LogP contribution in [-0.2, 0) is 12.8 Å². The summed E-state index contributed by atoms with van der Waals surface area (Å²) in [5.41, 5.74) is 7.11. The molecule has 0 aliphatic carbocycles. The van der Waals surface area contributed by atoms with Gasteiger partial charge in [-0.15, -0.1) is 0 Å². The zero-order chi connectivity index (χ0) is 9.84. The van der Waals surface area contributed by atoms with Crippen molar-refractivity contribution in [2.24, 2.45) is 5.73 Å². The second-order valence-electron chi connectivity index (χ2n) is 2.83. The van der Waals surface area contributed by atoms with Crippen molar-refractivity contribution in [2.75, 3.05) is 6.54 Å². The van der Waals surface area contributed by atoms with E-state index in [4.69, 9.17) is 17.3 Å². The number of rotatable bonds is 3. The topological polar surface area (TPSA) is 58.9 Å². The Balaban J connectivity index is 3.21. The molecule has 1 heterocycles. The van der Waals surface area contributed by atoms with Crippen molar-refractivity contribution < 1.29 is 0 Å². The molecule has 0 radical (unpaired) electrons. The van der Waals surface area contributed by atoms with Gasteiger partial charge in [-0.2, -0.15) is 0 Å². The van der Waals surface area contributed by atoms with Crippen LogP contribution in [0.3, 0.4) is 0 Å². The largest absolute Gasteiger partial charge is 0.330 e. The van der Waals surface area contributed by atoms with E-state index in [9.17, 15) is 4.79 Å². The fourth-order valence-electron chi connectivity index (χ4n) is 1.35. The molecular weight excluding hydrogens is 188 g/mol. The highest BCUT2D eigenvalue weighted by Gasteiger charge is 2.06. The Labute approximate surface area is 81.9 Å². The molecule has 0 unspecified atom stereocenters. The van der Waals surface area contributed by atoms with Gasteiger partial charge in [0.25, 0.3) is 0 Å². The predicted octanol–water partition coefficient (Wildman–Crippen LogP) is 1.09. The Hall–Kier alpha value is -0.800. The molecule has 13 heavy (non-hydrogen) atoms. The number of aromatic amines is 1. The maximum Gasteiger partial charge on any atom is 0.249 e. The van der Waals surface area contributed by atoms with Gasteiger partial charge in [-0.3, -0.25) is 4.79 Å². The van der Waals surface area contributed by atoms with Gasteiger partial charge in [0.2, 0.25) is 5.56 Å². The lowest BCUT2D eigenvalue weighted by atomic mass is 10.1. The third-order valence-corrected chi connectivity index (χ3v) is 2.27. The maximum atomic E-state index is 11.1. The van der Waals surface area contributed by atoms with Gasteiger partial charge >= 0.3 is 0 Å². The molecule has 0 saturated heterocycles. The average molecular weight is 201 g/mol. The smallest absolute Gasteiger partial charge is 0.249 e. The number of nitrogens with two attached hydrogens (primary N) is 1. The van der Waals surface area contributed by atoms with Gasteiger partial charge in [-0.05, 0) is 18.5 Å². The molecule has 0 aliphatic rings. The fourth-order valence-corrected chi connectivity index (χ4v) is 1.69. The van der Waals surface area contributed by atoms with Gasteiger partial charge in [0.05, 0.1) is 5.02 Å². The number of nitrogens with one attached hydrogen (secondary N) is 1. The van der Waals surface area contributed by atoms with Crippen LogP contribution >= 0.6 is 11.6 Å². The summed E-state index contributed by atoms with van der Waals surface area (Å²) in [5.74, 6) is 0. The summed E-state index contributed by atoms with van der Waals surface area (Å²) in [7, 11) is 0. The standard InChI is InChI=1S/C9H13ClN2O/c1-2-6-7(10)5-9(13)12-8(6)3-4-11/h5H,2-4,11H2,1H3,(H,12,13). The molecular formula is C9H13ClN2O. The van der Waals surface area contributed by atoms with Crippen LogP contribution in [0.15, 0.2) is 10.9 Å². The molecule has 72 valence electrons. The molecule has 0 atom stereocenters. The quantitative estimate of drug-likeness (QED) is 0.768. The highest BCUT2D eigenvalue weighted by Crippen LogP contribution is 2.16. The summed E-state index contributed by atoms with van der Waals surface area (Å²) in [5, 5.41) is 0.537. The molecule has 1 aromatic rings. The van der Waals surface area contributed by atoms with Crippen LogP contribution in [0, 0.1) is 0 Å². The van der Waals surface area contributed by atoms with Crippen LogP contribution in [0.4, 0.5) is 0 Å². The number of aromatic nitrogens is 1. The molecule has 0 amide bonds. The van der Waals surface area contributed by atoms with Gasteiger partial charge in [-0.1, -0.05) is 18.5 Å². The molecule has 3 nitrogen and oxygen atoms in total. The second-order valence-corrected chi connectivity index (χ2v) is 3.24. The van der Waals surface area contributed by atoms with E-state index in [1.807, 2.05) is 6.92 Å². The average Bonchev–Trinajstić information content (AvgIpc) is 2.04. The first kappa shape index (κ1) is 10.3. The van der Waals surface area contributed by atoms with Crippen molar-refractivity contribution in [2.45, 2.75) is 19.8 Å². The first-order valence-corrected chi connectivity index (χ1v) is 4.67. The Morgan fingerprint density at radius 2 is 2.31 bits per heavy atom. The normalized spacial score (nSPS) is 10.4. The van der Waals surface area contributed by atoms with Crippen molar-refractivity contribution in [3.8, 4) is 0 Å². The molecule has 0 saturated carbocycles. The lowest BCUT2D eigenvalue weighted by Crippen LogP contribution is -2.14. The molecule has 0 bridgehead atoms. The monoisotopic (exact) mass is 200 g/mol.